The van der Waals surface area contributed by atoms with E-state index in [1.807, 2.05) is 6.07 Å². The molecule has 2 rings (SSSR count). The largest absolute Gasteiger partial charge is 0.478 e. The van der Waals surface area contributed by atoms with Crippen LogP contribution in [0, 0.1) is 0 Å². The van der Waals surface area contributed by atoms with Gasteiger partial charge in [-0.05, 0) is 31.0 Å². The molecule has 0 unspecified atom stereocenters. The molecule has 20 heavy (non-hydrogen) atoms. The van der Waals surface area contributed by atoms with Gasteiger partial charge in [-0.3, -0.25) is 0 Å². The number of benzene rings is 1. The zero-order valence-corrected chi connectivity index (χ0v) is 12.8. The third kappa shape index (κ3) is 3.61. The highest BCUT2D eigenvalue weighted by atomic mass is 79.9. The Balaban J connectivity index is 2.08. The fourth-order valence-electron chi connectivity index (χ4n) is 2.41. The maximum atomic E-state index is 11.3. The van der Waals surface area contributed by atoms with Gasteiger partial charge in [0.05, 0.1) is 24.0 Å². The second kappa shape index (κ2) is 6.90. The third-order valence-electron chi connectivity index (χ3n) is 3.42. The Labute approximate surface area is 127 Å². The van der Waals surface area contributed by atoms with Crippen LogP contribution in [0.1, 0.15) is 23.2 Å². The molecule has 1 N–H and O–H groups in total. The number of nitrogens with zero attached hydrogens (tertiary/aromatic N) is 1. The lowest BCUT2D eigenvalue weighted by molar-refractivity contribution is 0.0562. The first-order valence-corrected chi connectivity index (χ1v) is 7.41. The maximum Gasteiger partial charge on any atom is 0.337 e. The van der Waals surface area contributed by atoms with Gasteiger partial charge in [0.15, 0.2) is 0 Å². The Morgan fingerprint density at radius 1 is 1.50 bits per heavy atom. The Hall–Kier alpha value is -1.33. The minimum Gasteiger partial charge on any atom is -0.478 e. The molecule has 0 atom stereocenters. The fraction of sp³-hybridized carbons (Fsp3) is 0.400. The lowest BCUT2D eigenvalue weighted by atomic mass is 10.0. The van der Waals surface area contributed by atoms with E-state index in [1.54, 1.807) is 18.2 Å². The van der Waals surface area contributed by atoms with Crippen LogP contribution in [0.2, 0.25) is 0 Å². The molecule has 1 fully saturated rings. The zero-order chi connectivity index (χ0) is 14.5. The summed E-state index contributed by atoms with van der Waals surface area (Å²) in [4.78, 5) is 13.4. The minimum absolute atomic E-state index is 0.240. The predicted molar refractivity (Wildman–Crippen MR) is 82.5 cm³/mol. The molecule has 1 saturated heterocycles. The topological polar surface area (TPSA) is 49.8 Å². The SMILES string of the molecule is C=CCOC1CCN(c2cc(Br)ccc2C(=O)O)CC1. The van der Waals surface area contributed by atoms with E-state index in [1.165, 1.54) is 0 Å². The number of ether oxygens (including phenoxy) is 1. The van der Waals surface area contributed by atoms with Gasteiger partial charge < -0.3 is 14.7 Å². The Morgan fingerprint density at radius 2 is 2.20 bits per heavy atom. The van der Waals surface area contributed by atoms with Crippen molar-refractivity contribution in [3.05, 3.63) is 40.9 Å². The van der Waals surface area contributed by atoms with E-state index in [0.717, 1.165) is 36.1 Å². The van der Waals surface area contributed by atoms with Crippen LogP contribution in [-0.2, 0) is 4.74 Å². The summed E-state index contributed by atoms with van der Waals surface area (Å²) in [6.07, 6.45) is 3.80. The normalized spacial score (nSPS) is 16.1. The van der Waals surface area contributed by atoms with Gasteiger partial charge in [-0.1, -0.05) is 22.0 Å². The van der Waals surface area contributed by atoms with E-state index < -0.39 is 5.97 Å². The van der Waals surface area contributed by atoms with Crippen LogP contribution in [0.4, 0.5) is 5.69 Å². The van der Waals surface area contributed by atoms with Crippen LogP contribution in [0.3, 0.4) is 0 Å². The van der Waals surface area contributed by atoms with E-state index in [0.29, 0.717) is 12.2 Å². The van der Waals surface area contributed by atoms with Crippen molar-refractivity contribution in [2.24, 2.45) is 0 Å². The molecule has 0 bridgehead atoms. The number of hydrogen-bond acceptors (Lipinski definition) is 3. The van der Waals surface area contributed by atoms with Gasteiger partial charge in [-0.2, -0.15) is 0 Å². The van der Waals surface area contributed by atoms with Gasteiger partial charge in [0.25, 0.3) is 0 Å². The van der Waals surface area contributed by atoms with Gasteiger partial charge in [0.1, 0.15) is 0 Å². The second-order valence-electron chi connectivity index (χ2n) is 4.78. The monoisotopic (exact) mass is 339 g/mol. The van der Waals surface area contributed by atoms with Crippen LogP contribution in [0.25, 0.3) is 0 Å². The highest BCUT2D eigenvalue weighted by Gasteiger charge is 2.23. The van der Waals surface area contributed by atoms with Crippen LogP contribution < -0.4 is 4.90 Å². The van der Waals surface area contributed by atoms with Crippen LogP contribution >= 0.6 is 15.9 Å². The molecule has 1 aromatic carbocycles. The molecule has 108 valence electrons. The standard InChI is InChI=1S/C15H18BrNO3/c1-2-9-20-12-5-7-17(8-6-12)14-10-11(16)3-4-13(14)15(18)19/h2-4,10,12H,1,5-9H2,(H,18,19). The number of carboxylic acids is 1. The first-order valence-electron chi connectivity index (χ1n) is 6.62. The lowest BCUT2D eigenvalue weighted by Crippen LogP contribution is -2.37. The van der Waals surface area contributed by atoms with Crippen LogP contribution in [0.5, 0.6) is 0 Å². The molecule has 1 heterocycles. The lowest BCUT2D eigenvalue weighted by Gasteiger charge is -2.34. The van der Waals surface area contributed by atoms with Crippen LogP contribution in [0.15, 0.2) is 35.3 Å². The van der Waals surface area contributed by atoms with Crippen molar-refractivity contribution < 1.29 is 14.6 Å². The fourth-order valence-corrected chi connectivity index (χ4v) is 2.76. The van der Waals surface area contributed by atoms with Crippen molar-refractivity contribution in [3.8, 4) is 0 Å². The smallest absolute Gasteiger partial charge is 0.337 e. The molecule has 0 aliphatic carbocycles. The van der Waals surface area contributed by atoms with E-state index in [2.05, 4.69) is 27.4 Å². The summed E-state index contributed by atoms with van der Waals surface area (Å²) in [7, 11) is 0. The highest BCUT2D eigenvalue weighted by molar-refractivity contribution is 9.10. The number of anilines is 1. The Kier molecular flexibility index (Phi) is 5.20. The van der Waals surface area contributed by atoms with Gasteiger partial charge in [0, 0.05) is 17.6 Å². The zero-order valence-electron chi connectivity index (χ0n) is 11.2. The molecule has 0 spiro atoms. The summed E-state index contributed by atoms with van der Waals surface area (Å²) in [6.45, 7) is 5.82. The molecule has 1 aromatic rings. The summed E-state index contributed by atoms with van der Waals surface area (Å²) in [5.74, 6) is -0.891. The number of hydrogen-bond donors (Lipinski definition) is 1. The van der Waals surface area contributed by atoms with Crippen molar-refractivity contribution in [3.63, 3.8) is 0 Å². The molecule has 1 aliphatic rings. The van der Waals surface area contributed by atoms with Gasteiger partial charge >= 0.3 is 5.97 Å². The quantitative estimate of drug-likeness (QED) is 0.836. The number of carbonyl (C=O) groups is 1. The van der Waals surface area contributed by atoms with Crippen molar-refractivity contribution in [1.29, 1.82) is 0 Å². The second-order valence-corrected chi connectivity index (χ2v) is 5.69. The molecular formula is C15H18BrNO3. The molecule has 0 aromatic heterocycles. The number of carboxylic acid groups (broad SMARTS) is 1. The minimum atomic E-state index is -0.891. The number of piperidine rings is 1. The first kappa shape index (κ1) is 15.1. The van der Waals surface area contributed by atoms with E-state index in [4.69, 9.17) is 4.74 Å². The van der Waals surface area contributed by atoms with Gasteiger partial charge in [-0.15, -0.1) is 6.58 Å². The summed E-state index contributed by atoms with van der Waals surface area (Å²) < 4.78 is 6.54. The number of halogens is 1. The number of rotatable bonds is 5. The van der Waals surface area contributed by atoms with E-state index in [9.17, 15) is 9.90 Å². The molecule has 0 radical (unpaired) electrons. The summed E-state index contributed by atoms with van der Waals surface area (Å²) >= 11 is 3.40. The molecule has 0 saturated carbocycles. The molecule has 4 nitrogen and oxygen atoms in total. The average Bonchev–Trinajstić information content (AvgIpc) is 2.45. The van der Waals surface area contributed by atoms with Crippen molar-refractivity contribution in [2.45, 2.75) is 18.9 Å². The molecular weight excluding hydrogens is 322 g/mol. The van der Waals surface area contributed by atoms with Crippen molar-refractivity contribution >= 4 is 27.6 Å². The predicted octanol–water partition coefficient (Wildman–Crippen LogP) is 3.32. The Morgan fingerprint density at radius 3 is 2.80 bits per heavy atom. The van der Waals surface area contributed by atoms with Gasteiger partial charge in [0.2, 0.25) is 0 Å². The van der Waals surface area contributed by atoms with Crippen LogP contribution in [-0.4, -0.2) is 36.9 Å². The molecule has 5 heteroatoms. The van der Waals surface area contributed by atoms with Gasteiger partial charge in [-0.25, -0.2) is 4.79 Å². The number of aromatic carboxylic acids is 1. The average molecular weight is 340 g/mol. The van der Waals surface area contributed by atoms with E-state index >= 15 is 0 Å². The molecule has 1 aliphatic heterocycles. The van der Waals surface area contributed by atoms with E-state index in [-0.39, 0.29) is 6.10 Å². The maximum absolute atomic E-state index is 11.3. The summed E-state index contributed by atoms with van der Waals surface area (Å²) in [5.41, 5.74) is 1.12. The van der Waals surface area contributed by atoms with Crippen molar-refractivity contribution in [1.82, 2.24) is 0 Å². The summed E-state index contributed by atoms with van der Waals surface area (Å²) in [6, 6.07) is 5.27. The van der Waals surface area contributed by atoms with Crippen molar-refractivity contribution in [2.75, 3.05) is 24.6 Å². The Bertz CT molecular complexity index is 496. The molecule has 0 amide bonds. The highest BCUT2D eigenvalue weighted by Crippen LogP contribution is 2.28. The third-order valence-corrected chi connectivity index (χ3v) is 3.92. The first-order chi connectivity index (χ1) is 9.61. The summed E-state index contributed by atoms with van der Waals surface area (Å²) in [5, 5.41) is 9.28.